The number of amides is 1. The standard InChI is InChI=1S/C28H26FN5O3/c1-36-23-6-2-7-24(26(23)29)37-21-11-9-19(10-12-21)27-22-17-31-14-16-34(22)28(32-27)20-5-4-15-33(18-20)25(35)8-3-13-30/h2,6-7,9-12,14,16-17,20H,3-5,8,15,18H2,1H3/t20-/m1/s1. The third-order valence-corrected chi connectivity index (χ3v) is 6.57. The normalized spacial score (nSPS) is 15.4. The van der Waals surface area contributed by atoms with E-state index in [9.17, 15) is 9.18 Å². The summed E-state index contributed by atoms with van der Waals surface area (Å²) in [4.78, 5) is 23.7. The number of imidazole rings is 1. The maximum absolute atomic E-state index is 14.5. The highest BCUT2D eigenvalue weighted by Crippen LogP contribution is 2.34. The van der Waals surface area contributed by atoms with E-state index in [-0.39, 0.29) is 36.2 Å². The van der Waals surface area contributed by atoms with Crippen molar-refractivity contribution in [1.29, 1.82) is 5.26 Å². The molecule has 0 unspecified atom stereocenters. The van der Waals surface area contributed by atoms with Crippen LogP contribution in [-0.4, -0.2) is 45.4 Å². The number of methoxy groups -OCH3 is 1. The fourth-order valence-electron chi connectivity index (χ4n) is 4.73. The molecule has 9 heteroatoms. The van der Waals surface area contributed by atoms with E-state index in [1.54, 1.807) is 36.7 Å². The monoisotopic (exact) mass is 499 g/mol. The van der Waals surface area contributed by atoms with Crippen molar-refractivity contribution in [3.8, 4) is 34.6 Å². The average molecular weight is 500 g/mol. The minimum atomic E-state index is -0.558. The number of halogens is 1. The molecule has 2 aromatic carbocycles. The lowest BCUT2D eigenvalue weighted by atomic mass is 9.97. The Balaban J connectivity index is 1.41. The van der Waals surface area contributed by atoms with Crippen molar-refractivity contribution < 1.29 is 18.7 Å². The van der Waals surface area contributed by atoms with Gasteiger partial charge in [-0.15, -0.1) is 0 Å². The van der Waals surface area contributed by atoms with Crippen molar-refractivity contribution in [2.45, 2.75) is 31.6 Å². The van der Waals surface area contributed by atoms with Crippen molar-refractivity contribution in [3.63, 3.8) is 0 Å². The molecule has 3 heterocycles. The van der Waals surface area contributed by atoms with Crippen LogP contribution in [0, 0.1) is 17.1 Å². The molecule has 0 N–H and O–H groups in total. The van der Waals surface area contributed by atoms with Crippen molar-refractivity contribution in [2.75, 3.05) is 20.2 Å². The number of hydrogen-bond acceptors (Lipinski definition) is 6. The first-order valence-electron chi connectivity index (χ1n) is 12.2. The second kappa shape index (κ2) is 10.7. The summed E-state index contributed by atoms with van der Waals surface area (Å²) in [6.07, 6.45) is 7.66. The Labute approximate surface area is 213 Å². The predicted octanol–water partition coefficient (Wildman–Crippen LogP) is 5.35. The quantitative estimate of drug-likeness (QED) is 0.341. The number of fused-ring (bicyclic) bond motifs is 1. The molecule has 2 aromatic heterocycles. The number of carbonyl (C=O) groups excluding carboxylic acids is 1. The topological polar surface area (TPSA) is 92.8 Å². The molecule has 1 aliphatic rings. The van der Waals surface area contributed by atoms with Crippen LogP contribution in [0.3, 0.4) is 0 Å². The molecule has 1 aliphatic heterocycles. The van der Waals surface area contributed by atoms with Crippen molar-refractivity contribution in [1.82, 2.24) is 19.3 Å². The van der Waals surface area contributed by atoms with Gasteiger partial charge < -0.3 is 14.4 Å². The maximum atomic E-state index is 14.5. The van der Waals surface area contributed by atoms with E-state index < -0.39 is 5.82 Å². The summed E-state index contributed by atoms with van der Waals surface area (Å²) in [6, 6.07) is 14.1. The van der Waals surface area contributed by atoms with E-state index in [0.717, 1.165) is 35.4 Å². The van der Waals surface area contributed by atoms with Gasteiger partial charge >= 0.3 is 0 Å². The Hall–Kier alpha value is -4.45. The van der Waals surface area contributed by atoms with E-state index in [1.807, 2.05) is 33.7 Å². The third-order valence-electron chi connectivity index (χ3n) is 6.57. The van der Waals surface area contributed by atoms with Crippen molar-refractivity contribution >= 4 is 11.4 Å². The number of carbonyl (C=O) groups is 1. The van der Waals surface area contributed by atoms with Crippen LogP contribution in [0.15, 0.2) is 61.1 Å². The highest BCUT2D eigenvalue weighted by Gasteiger charge is 2.28. The van der Waals surface area contributed by atoms with Gasteiger partial charge in [0.25, 0.3) is 0 Å². The summed E-state index contributed by atoms with van der Waals surface area (Å²) in [6.45, 7) is 1.28. The number of nitriles is 1. The summed E-state index contributed by atoms with van der Waals surface area (Å²) in [7, 11) is 1.41. The lowest BCUT2D eigenvalue weighted by Gasteiger charge is -2.32. The van der Waals surface area contributed by atoms with E-state index in [1.165, 1.54) is 13.2 Å². The molecule has 8 nitrogen and oxygen atoms in total. The molecular weight excluding hydrogens is 473 g/mol. The molecular formula is C28H26FN5O3. The Bertz CT molecular complexity index is 1460. The highest BCUT2D eigenvalue weighted by atomic mass is 19.1. The van der Waals surface area contributed by atoms with Crippen molar-refractivity contribution in [2.24, 2.45) is 0 Å². The third kappa shape index (κ3) is 4.96. The van der Waals surface area contributed by atoms with Gasteiger partial charge in [-0.3, -0.25) is 14.2 Å². The van der Waals surface area contributed by atoms with Crippen LogP contribution in [0.1, 0.15) is 37.4 Å². The fraction of sp³-hybridized carbons (Fsp3) is 0.286. The summed E-state index contributed by atoms with van der Waals surface area (Å²) in [5.74, 6) is 1.08. The van der Waals surface area contributed by atoms with E-state index in [0.29, 0.717) is 18.8 Å². The van der Waals surface area contributed by atoms with Gasteiger partial charge in [-0.2, -0.15) is 9.65 Å². The summed E-state index contributed by atoms with van der Waals surface area (Å²) in [5.41, 5.74) is 2.50. The van der Waals surface area contributed by atoms with Gasteiger partial charge in [0.15, 0.2) is 11.5 Å². The van der Waals surface area contributed by atoms with Gasteiger partial charge in [-0.25, -0.2) is 4.98 Å². The van der Waals surface area contributed by atoms with Gasteiger partial charge in [-0.1, -0.05) is 6.07 Å². The SMILES string of the molecule is COc1cccc(Oc2ccc(-c3nc([C@@H]4CCCN(C(=O)CCC#N)C4)n4ccncc34)cc2)c1F. The van der Waals surface area contributed by atoms with E-state index >= 15 is 0 Å². The summed E-state index contributed by atoms with van der Waals surface area (Å²) in [5, 5.41) is 8.83. The van der Waals surface area contributed by atoms with Gasteiger partial charge in [0.05, 0.1) is 30.6 Å². The Morgan fingerprint density at radius 1 is 1.22 bits per heavy atom. The lowest BCUT2D eigenvalue weighted by molar-refractivity contribution is -0.132. The van der Waals surface area contributed by atoms with E-state index in [2.05, 4.69) is 4.98 Å². The second-order valence-corrected chi connectivity index (χ2v) is 8.89. The van der Waals surface area contributed by atoms with Crippen LogP contribution in [0.25, 0.3) is 16.8 Å². The smallest absolute Gasteiger partial charge is 0.223 e. The molecule has 188 valence electrons. The summed E-state index contributed by atoms with van der Waals surface area (Å²) >= 11 is 0. The number of rotatable bonds is 7. The molecule has 0 spiro atoms. The Morgan fingerprint density at radius 3 is 2.81 bits per heavy atom. The molecule has 0 bridgehead atoms. The number of aromatic nitrogens is 3. The number of ether oxygens (including phenoxy) is 2. The van der Waals surface area contributed by atoms with Gasteiger partial charge in [0.2, 0.25) is 11.7 Å². The minimum Gasteiger partial charge on any atom is -0.494 e. The molecule has 1 atom stereocenters. The summed E-state index contributed by atoms with van der Waals surface area (Å²) < 4.78 is 27.3. The number of benzene rings is 2. The van der Waals surface area contributed by atoms with Gasteiger partial charge in [0, 0.05) is 49.8 Å². The van der Waals surface area contributed by atoms with E-state index in [4.69, 9.17) is 19.7 Å². The molecule has 1 amide bonds. The number of nitrogens with zero attached hydrogens (tertiary/aromatic N) is 5. The van der Waals surface area contributed by atoms with Gasteiger partial charge in [-0.05, 0) is 49.2 Å². The van der Waals surface area contributed by atoms with Gasteiger partial charge in [0.1, 0.15) is 11.6 Å². The molecule has 1 fully saturated rings. The average Bonchev–Trinajstić information content (AvgIpc) is 3.33. The first-order valence-corrected chi connectivity index (χ1v) is 12.2. The zero-order valence-corrected chi connectivity index (χ0v) is 20.4. The first kappa shape index (κ1) is 24.3. The molecule has 5 rings (SSSR count). The molecule has 0 saturated carbocycles. The Morgan fingerprint density at radius 2 is 2.03 bits per heavy atom. The van der Waals surface area contributed by atoms with Crippen molar-refractivity contribution in [3.05, 3.63) is 72.7 Å². The maximum Gasteiger partial charge on any atom is 0.223 e. The van der Waals surface area contributed by atoms with Crippen LogP contribution >= 0.6 is 0 Å². The molecule has 37 heavy (non-hydrogen) atoms. The van der Waals surface area contributed by atoms with Crippen LogP contribution in [-0.2, 0) is 4.79 Å². The minimum absolute atomic E-state index is 0.0112. The molecule has 0 radical (unpaired) electrons. The molecule has 0 aliphatic carbocycles. The first-order chi connectivity index (χ1) is 18.1. The molecule has 1 saturated heterocycles. The largest absolute Gasteiger partial charge is 0.494 e. The number of piperidine rings is 1. The Kier molecular flexibility index (Phi) is 6.99. The number of likely N-dealkylation sites (tertiary alicyclic amines) is 1. The lowest BCUT2D eigenvalue weighted by Crippen LogP contribution is -2.39. The zero-order chi connectivity index (χ0) is 25.8. The second-order valence-electron chi connectivity index (χ2n) is 8.89. The predicted molar refractivity (Wildman–Crippen MR) is 135 cm³/mol. The van der Waals surface area contributed by atoms with Crippen LogP contribution in [0.2, 0.25) is 0 Å². The number of hydrogen-bond donors (Lipinski definition) is 0. The molecule has 4 aromatic rings. The highest BCUT2D eigenvalue weighted by molar-refractivity contribution is 5.78. The van der Waals surface area contributed by atoms with Crippen LogP contribution in [0.5, 0.6) is 17.2 Å². The zero-order valence-electron chi connectivity index (χ0n) is 20.4. The van der Waals surface area contributed by atoms with Crippen LogP contribution in [0.4, 0.5) is 4.39 Å². The fourth-order valence-corrected chi connectivity index (χ4v) is 4.73. The van der Waals surface area contributed by atoms with Crippen LogP contribution < -0.4 is 9.47 Å².